The van der Waals surface area contributed by atoms with E-state index in [1.807, 2.05) is 227 Å². The van der Waals surface area contributed by atoms with Crippen LogP contribution in [0.25, 0.3) is 118 Å². The summed E-state index contributed by atoms with van der Waals surface area (Å²) in [6, 6.07) is 95.9. The molecular weight excluding hydrogens is 1920 g/mol. The monoisotopic (exact) mass is 2000 g/mol. The van der Waals surface area contributed by atoms with Crippen LogP contribution in [0.1, 0.15) is 60.5 Å². The van der Waals surface area contributed by atoms with Crippen molar-refractivity contribution in [2.24, 2.45) is 0 Å². The van der Waals surface area contributed by atoms with Gasteiger partial charge in [-0.15, -0.1) is 68.0 Å². The summed E-state index contributed by atoms with van der Waals surface area (Å²) >= 11 is 9.11. The smallest absolute Gasteiger partial charge is 0.241 e. The number of ether oxygens (including phenoxy) is 7. The molecule has 0 aliphatic heterocycles. The van der Waals surface area contributed by atoms with Crippen LogP contribution < -0.4 is 33.2 Å². The minimum absolute atomic E-state index is 0.0664. The van der Waals surface area contributed by atoms with E-state index < -0.39 is 23.2 Å². The van der Waals surface area contributed by atoms with Gasteiger partial charge in [0.2, 0.25) is 41.1 Å². The van der Waals surface area contributed by atoms with Gasteiger partial charge < -0.3 is 33.2 Å². The van der Waals surface area contributed by atoms with Crippen molar-refractivity contribution in [2.75, 3.05) is 7.11 Å². The van der Waals surface area contributed by atoms with Crippen molar-refractivity contribution >= 4 is 129 Å². The number of aromatic nitrogens is 13. The Morgan fingerprint density at radius 2 is 0.580 bits per heavy atom. The summed E-state index contributed by atoms with van der Waals surface area (Å²) in [6.45, 7) is 2.06. The number of nitrogens with zero attached hydrogens (tertiary/aromatic N) is 15. The minimum Gasteiger partial charge on any atom is -0.497 e. The van der Waals surface area contributed by atoms with Crippen molar-refractivity contribution in [2.45, 2.75) is 44.9 Å². The van der Waals surface area contributed by atoms with Crippen molar-refractivity contribution in [3.8, 4) is 145 Å². The van der Waals surface area contributed by atoms with E-state index in [1.54, 1.807) is 149 Å². The quantitative estimate of drug-likeness (QED) is 0.0537. The van der Waals surface area contributed by atoms with Crippen molar-refractivity contribution in [1.82, 2.24) is 64.8 Å². The first-order valence-electron chi connectivity index (χ1n) is 44.5. The Bertz CT molecular complexity index is 8240. The maximum absolute atomic E-state index is 13.9. The summed E-state index contributed by atoms with van der Waals surface area (Å²) in [5.74, 6) is 6.25. The van der Waals surface area contributed by atoms with Gasteiger partial charge in [-0.1, -0.05) is 158 Å². The third-order valence-electron chi connectivity index (χ3n) is 21.8. The normalized spacial score (nSPS) is 11.5. The highest BCUT2D eigenvalue weighted by atomic mass is 32.1. The summed E-state index contributed by atoms with van der Waals surface area (Å²) in [5.41, 5.74) is 12.0. The molecule has 0 N–H and O–H groups in total. The van der Waals surface area contributed by atoms with E-state index in [-0.39, 0.29) is 11.7 Å². The fourth-order valence-corrected chi connectivity index (χ4v) is 19.2. The molecule has 0 saturated heterocycles. The predicted molar refractivity (Wildman–Crippen MR) is 555 cm³/mol. The average Bonchev–Trinajstić information content (AvgIpc) is 1.73. The molecule has 1 fully saturated rings. The number of pyridine rings is 1. The molecule has 13 aromatic heterocycles. The zero-order valence-electron chi connectivity index (χ0n) is 75.6. The van der Waals surface area contributed by atoms with Gasteiger partial charge >= 0.3 is 0 Å². The van der Waals surface area contributed by atoms with E-state index in [4.69, 9.17) is 53.6 Å². The maximum Gasteiger partial charge on any atom is 0.241 e. The Kier molecular flexibility index (Phi) is 30.0. The standard InChI is InChI=1S/C19H17N3OS.C19H11N3OS.C19H14N2O2S.C19H14N2OS.C18H11FN2OS.C17H8F3N3OS/c2*20-12-13-6-8-15(9-7-13)23-19-17-16(10-11-24-17)21-18(22-19)14-4-2-1-3-5-14;1-22-14-7-9-15(10-8-14)23-19-17-16(11-12-24-17)20-18(21-19)13-5-3-2-4-6-13;1-13-7-9-15(10-8-13)22-19-17-16(11-12-23-17)20-18(21-19)14-5-3-2-4-6-14;19-13-6-8-14(9-7-13)22-18-16-15(10-11-23-16)20-17(21-18)12-4-2-1-3-5-12;18-10-1-2-12(14(20)13(10)19)24-17-15-11(5-8-25-15)22-16(23-17)9-3-6-21-7-4-9/h6-11,14H,1-5H2;1-11H;2-12H,1H3;2-12H,1H3;1-11H;1-8H. The maximum atomic E-state index is 13.9. The molecule has 0 atom stereocenters. The predicted octanol–water partition coefficient (Wildman–Crippen LogP) is 31.3. The molecule has 0 unspecified atom stereocenters. The van der Waals surface area contributed by atoms with E-state index in [0.717, 1.165) is 116 Å². The first-order valence-corrected chi connectivity index (χ1v) is 49.8. The van der Waals surface area contributed by atoms with Crippen LogP contribution >= 0.6 is 68.0 Å². The van der Waals surface area contributed by atoms with Crippen LogP contribution in [0.4, 0.5) is 17.6 Å². The molecule has 23 aromatic rings. The van der Waals surface area contributed by atoms with Crippen LogP contribution in [0.3, 0.4) is 0 Å². The Balaban J connectivity index is 0.000000109. The van der Waals surface area contributed by atoms with E-state index in [0.29, 0.717) is 114 Å². The molecule has 10 aromatic carbocycles. The van der Waals surface area contributed by atoms with Gasteiger partial charge in [-0.2, -0.15) is 44.8 Å². The third kappa shape index (κ3) is 23.4. The number of rotatable bonds is 19. The van der Waals surface area contributed by atoms with Gasteiger partial charge in [0, 0.05) is 46.1 Å². The van der Waals surface area contributed by atoms with Gasteiger partial charge in [0.05, 0.1) is 63.5 Å². The second-order valence-electron chi connectivity index (χ2n) is 31.5. The molecular formula is C111H75F4N15O7S6. The zero-order chi connectivity index (χ0) is 97.8. The highest BCUT2D eigenvalue weighted by Gasteiger charge is 2.25. The molecule has 143 heavy (non-hydrogen) atoms. The van der Waals surface area contributed by atoms with E-state index in [2.05, 4.69) is 73.9 Å². The minimum atomic E-state index is -1.59. The number of benzene rings is 10. The lowest BCUT2D eigenvalue weighted by Crippen LogP contribution is -2.09. The van der Waals surface area contributed by atoms with Gasteiger partial charge in [-0.05, 0) is 222 Å². The van der Waals surface area contributed by atoms with Crippen LogP contribution in [0.2, 0.25) is 0 Å². The molecule has 1 saturated carbocycles. The summed E-state index contributed by atoms with van der Waals surface area (Å²) in [5, 5.41) is 29.5. The lowest BCUT2D eigenvalue weighted by atomic mass is 9.89. The second kappa shape index (κ2) is 45.2. The van der Waals surface area contributed by atoms with Crippen molar-refractivity contribution in [3.63, 3.8) is 0 Å². The fourth-order valence-electron chi connectivity index (χ4n) is 14.7. The average molecular weight is 2000 g/mol. The number of nitriles is 2. The van der Waals surface area contributed by atoms with Crippen molar-refractivity contribution in [1.29, 1.82) is 10.5 Å². The van der Waals surface area contributed by atoms with Crippen LogP contribution in [-0.4, -0.2) is 71.9 Å². The summed E-state index contributed by atoms with van der Waals surface area (Å²) < 4.78 is 99.2. The van der Waals surface area contributed by atoms with Gasteiger partial charge in [0.25, 0.3) is 0 Å². The molecule has 700 valence electrons. The fraction of sp³-hybridized carbons (Fsp3) is 0.0721. The topological polar surface area (TPSA) is 280 Å². The van der Waals surface area contributed by atoms with Crippen LogP contribution in [-0.2, 0) is 0 Å². The molecule has 24 rings (SSSR count). The number of hydrogen-bond acceptors (Lipinski definition) is 28. The lowest BCUT2D eigenvalue weighted by molar-refractivity contribution is 0.389. The van der Waals surface area contributed by atoms with E-state index in [1.165, 1.54) is 59.6 Å². The molecule has 0 amide bonds. The van der Waals surface area contributed by atoms with Gasteiger partial charge in [0.1, 0.15) is 74.3 Å². The molecule has 13 heterocycles. The van der Waals surface area contributed by atoms with E-state index >= 15 is 0 Å². The van der Waals surface area contributed by atoms with Crippen molar-refractivity contribution < 1.29 is 50.7 Å². The lowest BCUT2D eigenvalue weighted by Gasteiger charge is -2.20. The number of aryl methyl sites for hydroxylation is 1. The largest absolute Gasteiger partial charge is 0.497 e. The number of halogens is 4. The zero-order valence-corrected chi connectivity index (χ0v) is 80.5. The Hall–Kier alpha value is -17.1. The van der Waals surface area contributed by atoms with Crippen LogP contribution in [0.15, 0.2) is 348 Å². The molecule has 32 heteroatoms. The first-order chi connectivity index (χ1) is 70.2. The third-order valence-corrected chi connectivity index (χ3v) is 27.2. The highest BCUT2D eigenvalue weighted by Crippen LogP contribution is 2.43. The summed E-state index contributed by atoms with van der Waals surface area (Å²) in [4.78, 5) is 59.0. The van der Waals surface area contributed by atoms with Crippen molar-refractivity contribution in [3.05, 3.63) is 394 Å². The Morgan fingerprint density at radius 3 is 0.916 bits per heavy atom. The number of methoxy groups -OCH3 is 1. The molecule has 0 spiro atoms. The van der Waals surface area contributed by atoms with Crippen LogP contribution in [0, 0.1) is 52.9 Å². The Labute approximate surface area is 839 Å². The first kappa shape index (κ1) is 94.8. The Morgan fingerprint density at radius 1 is 0.287 bits per heavy atom. The number of fused-ring (bicyclic) bond motifs is 6. The molecule has 0 bridgehead atoms. The van der Waals surface area contributed by atoms with E-state index in [9.17, 15) is 17.6 Å². The summed E-state index contributed by atoms with van der Waals surface area (Å²) in [6.07, 6.45) is 9.31. The SMILES string of the molecule is COc1ccc(Oc2nc(-c3ccccc3)nc3ccsc23)cc1.Cc1ccc(Oc2nc(-c3ccccc3)nc3ccsc23)cc1.Fc1ccc(Oc2nc(-c3ccccc3)nc3ccsc23)cc1.Fc1ccc(Oc2nc(-c3ccncc3)nc3ccsc23)c(F)c1F.N#Cc1ccc(Oc2nc(-c3ccccc3)nc3ccsc23)cc1.N#Cc1ccc(Oc2nc(C3CCCCC3)nc3ccsc23)cc1. The highest BCUT2D eigenvalue weighted by molar-refractivity contribution is 7.19. The molecule has 22 nitrogen and oxygen atoms in total. The van der Waals surface area contributed by atoms with Crippen LogP contribution in [0.5, 0.6) is 75.5 Å². The molecule has 1 aliphatic rings. The summed E-state index contributed by atoms with van der Waals surface area (Å²) in [7, 11) is 1.64. The van der Waals surface area contributed by atoms with Gasteiger partial charge in [-0.25, -0.2) is 43.1 Å². The number of thiophene rings is 6. The van der Waals surface area contributed by atoms with Gasteiger partial charge in [-0.3, -0.25) is 4.98 Å². The second-order valence-corrected chi connectivity index (χ2v) is 37.0. The molecule has 0 radical (unpaired) electrons. The molecule has 1 aliphatic carbocycles. The van der Waals surface area contributed by atoms with Gasteiger partial charge in [0.15, 0.2) is 46.5 Å². The number of hydrogen-bond donors (Lipinski definition) is 0.